The Kier molecular flexibility index (Phi) is 5.52. The number of hydrogen-bond donors (Lipinski definition) is 4. The molecule has 0 bridgehead atoms. The summed E-state index contributed by atoms with van der Waals surface area (Å²) in [5.74, 6) is 0. The van der Waals surface area contributed by atoms with Crippen LogP contribution < -0.4 is 10.9 Å². The third kappa shape index (κ3) is 4.69. The Bertz CT molecular complexity index is 74.1. The van der Waals surface area contributed by atoms with Gasteiger partial charge in [0.15, 0.2) is 0 Å². The van der Waals surface area contributed by atoms with E-state index in [1.807, 2.05) is 13.8 Å². The molecule has 0 radical (unpaired) electrons. The molecule has 0 aliphatic carbocycles. The lowest BCUT2D eigenvalue weighted by molar-refractivity contribution is 0.157. The molecule has 0 amide bonds. The fraction of sp³-hybridized carbons (Fsp3) is 1.00. The van der Waals surface area contributed by atoms with Crippen molar-refractivity contribution in [2.75, 3.05) is 13.2 Å². The highest BCUT2D eigenvalue weighted by Gasteiger charge is 2.03. The minimum Gasteiger partial charge on any atom is -0.395 e. The van der Waals surface area contributed by atoms with Gasteiger partial charge in [0.2, 0.25) is 0 Å². The summed E-state index contributed by atoms with van der Waals surface area (Å²) in [7, 11) is 0. The van der Waals surface area contributed by atoms with Crippen LogP contribution in [0.5, 0.6) is 0 Å². The molecule has 0 atom stereocenters. The second kappa shape index (κ2) is 5.61. The number of hydrogen-bond acceptors (Lipinski definition) is 4. The van der Waals surface area contributed by atoms with Gasteiger partial charge in [-0.3, -0.25) is 5.43 Å². The van der Waals surface area contributed by atoms with Gasteiger partial charge in [0.25, 0.3) is 0 Å². The van der Waals surface area contributed by atoms with Gasteiger partial charge in [-0.1, -0.05) is 0 Å². The van der Waals surface area contributed by atoms with Crippen LogP contribution in [0.2, 0.25) is 0 Å². The molecule has 0 aliphatic heterocycles. The zero-order chi connectivity index (χ0) is 7.98. The van der Waals surface area contributed by atoms with Gasteiger partial charge in [0.1, 0.15) is 0 Å². The highest BCUT2D eigenvalue weighted by Crippen LogP contribution is 1.77. The van der Waals surface area contributed by atoms with Crippen molar-refractivity contribution in [1.29, 1.82) is 0 Å². The summed E-state index contributed by atoms with van der Waals surface area (Å²) in [4.78, 5) is 0. The number of rotatable bonds is 5. The normalized spacial score (nSPS) is 11.4. The zero-order valence-electron chi connectivity index (χ0n) is 6.46. The predicted octanol–water partition coefficient (Wildman–Crippen LogP) is -1.16. The van der Waals surface area contributed by atoms with Gasteiger partial charge in [-0.2, -0.15) is 0 Å². The Labute approximate surface area is 61.2 Å². The molecule has 0 fully saturated rings. The van der Waals surface area contributed by atoms with E-state index in [0.29, 0.717) is 6.04 Å². The molecule has 0 aromatic rings. The highest BCUT2D eigenvalue weighted by atomic mass is 16.3. The molecule has 10 heavy (non-hydrogen) atoms. The van der Waals surface area contributed by atoms with Gasteiger partial charge in [0, 0.05) is 6.04 Å². The van der Waals surface area contributed by atoms with Gasteiger partial charge in [-0.15, -0.1) is 0 Å². The van der Waals surface area contributed by atoms with E-state index in [4.69, 9.17) is 10.2 Å². The van der Waals surface area contributed by atoms with Crippen molar-refractivity contribution in [2.45, 2.75) is 25.9 Å². The van der Waals surface area contributed by atoms with Crippen LogP contribution >= 0.6 is 0 Å². The summed E-state index contributed by atoms with van der Waals surface area (Å²) < 4.78 is 0. The van der Waals surface area contributed by atoms with Gasteiger partial charge < -0.3 is 10.2 Å². The largest absolute Gasteiger partial charge is 0.395 e. The minimum absolute atomic E-state index is 0.0593. The van der Waals surface area contributed by atoms with Gasteiger partial charge in [-0.05, 0) is 13.8 Å². The van der Waals surface area contributed by atoms with E-state index in [1.165, 1.54) is 0 Å². The number of hydrazine groups is 1. The predicted molar refractivity (Wildman–Crippen MR) is 39.4 cm³/mol. The Morgan fingerprint density at radius 1 is 1.10 bits per heavy atom. The Hall–Kier alpha value is -0.160. The van der Waals surface area contributed by atoms with Crippen LogP contribution in [-0.4, -0.2) is 35.5 Å². The standard InChI is InChI=1S/C6H16N2O2/c1-5(2)7-8-6(3-9)4-10/h5-10H,3-4H2,1-2H3. The van der Waals surface area contributed by atoms with Crippen LogP contribution in [0, 0.1) is 0 Å². The first kappa shape index (κ1) is 9.84. The summed E-state index contributed by atoms with van der Waals surface area (Å²) in [6.45, 7) is 3.82. The lowest BCUT2D eigenvalue weighted by atomic mass is 10.3. The minimum atomic E-state index is -0.262. The molecule has 0 aromatic carbocycles. The molecule has 0 saturated carbocycles. The maximum Gasteiger partial charge on any atom is 0.0675 e. The van der Waals surface area contributed by atoms with E-state index >= 15 is 0 Å². The first-order chi connectivity index (χ1) is 4.70. The second-order valence-electron chi connectivity index (χ2n) is 2.51. The van der Waals surface area contributed by atoms with Crippen molar-refractivity contribution < 1.29 is 10.2 Å². The van der Waals surface area contributed by atoms with Crippen LogP contribution in [-0.2, 0) is 0 Å². The third-order valence-corrected chi connectivity index (χ3v) is 1.02. The summed E-state index contributed by atoms with van der Waals surface area (Å²) in [6.07, 6.45) is 0. The topological polar surface area (TPSA) is 64.5 Å². The summed E-state index contributed by atoms with van der Waals surface area (Å²) in [5.41, 5.74) is 5.65. The van der Waals surface area contributed by atoms with E-state index in [1.54, 1.807) is 0 Å². The molecule has 0 heterocycles. The van der Waals surface area contributed by atoms with E-state index in [2.05, 4.69) is 10.9 Å². The molecule has 4 nitrogen and oxygen atoms in total. The molecule has 0 rings (SSSR count). The first-order valence-electron chi connectivity index (χ1n) is 3.43. The Morgan fingerprint density at radius 3 is 1.90 bits per heavy atom. The van der Waals surface area contributed by atoms with Gasteiger partial charge >= 0.3 is 0 Å². The fourth-order valence-corrected chi connectivity index (χ4v) is 0.434. The molecule has 0 aliphatic rings. The quantitative estimate of drug-likeness (QED) is 0.371. The van der Waals surface area contributed by atoms with E-state index in [9.17, 15) is 0 Å². The van der Waals surface area contributed by atoms with E-state index in [0.717, 1.165) is 0 Å². The lowest BCUT2D eigenvalue weighted by Gasteiger charge is -2.16. The average molecular weight is 148 g/mol. The number of nitrogens with one attached hydrogen (secondary N) is 2. The molecule has 0 aromatic heterocycles. The Morgan fingerprint density at radius 2 is 1.60 bits per heavy atom. The summed E-state index contributed by atoms with van der Waals surface area (Å²) >= 11 is 0. The summed E-state index contributed by atoms with van der Waals surface area (Å²) in [5, 5.41) is 17.2. The van der Waals surface area contributed by atoms with Gasteiger partial charge in [0.05, 0.1) is 19.3 Å². The van der Waals surface area contributed by atoms with E-state index in [-0.39, 0.29) is 19.3 Å². The number of aliphatic hydroxyl groups excluding tert-OH is 2. The SMILES string of the molecule is CC(C)NNC(CO)CO. The van der Waals surface area contributed by atoms with Crippen LogP contribution in [0.1, 0.15) is 13.8 Å². The molecule has 4 heteroatoms. The molecule has 0 saturated heterocycles. The smallest absolute Gasteiger partial charge is 0.0675 e. The van der Waals surface area contributed by atoms with Crippen molar-refractivity contribution in [3.8, 4) is 0 Å². The monoisotopic (exact) mass is 148 g/mol. The lowest BCUT2D eigenvalue weighted by Crippen LogP contribution is -2.47. The molecular formula is C6H16N2O2. The van der Waals surface area contributed by atoms with Crippen molar-refractivity contribution in [3.63, 3.8) is 0 Å². The maximum atomic E-state index is 8.58. The zero-order valence-corrected chi connectivity index (χ0v) is 6.46. The molecule has 0 spiro atoms. The second-order valence-corrected chi connectivity index (χ2v) is 2.51. The first-order valence-corrected chi connectivity index (χ1v) is 3.43. The van der Waals surface area contributed by atoms with Crippen molar-refractivity contribution in [1.82, 2.24) is 10.9 Å². The maximum absolute atomic E-state index is 8.58. The molecular weight excluding hydrogens is 132 g/mol. The molecule has 4 N–H and O–H groups in total. The van der Waals surface area contributed by atoms with Gasteiger partial charge in [-0.25, -0.2) is 5.43 Å². The third-order valence-electron chi connectivity index (χ3n) is 1.02. The van der Waals surface area contributed by atoms with Crippen molar-refractivity contribution in [2.24, 2.45) is 0 Å². The van der Waals surface area contributed by atoms with Crippen LogP contribution in [0.25, 0.3) is 0 Å². The number of aliphatic hydroxyl groups is 2. The van der Waals surface area contributed by atoms with Crippen LogP contribution in [0.4, 0.5) is 0 Å². The fourth-order valence-electron chi connectivity index (χ4n) is 0.434. The average Bonchev–Trinajstić information content (AvgIpc) is 1.90. The van der Waals surface area contributed by atoms with Crippen LogP contribution in [0.15, 0.2) is 0 Å². The van der Waals surface area contributed by atoms with E-state index < -0.39 is 0 Å². The molecule has 0 unspecified atom stereocenters. The summed E-state index contributed by atoms with van der Waals surface area (Å²) in [6, 6.07) is 0.0444. The van der Waals surface area contributed by atoms with Crippen molar-refractivity contribution in [3.05, 3.63) is 0 Å². The van der Waals surface area contributed by atoms with Crippen LogP contribution in [0.3, 0.4) is 0 Å². The molecule has 62 valence electrons. The Balaban J connectivity index is 3.26. The van der Waals surface area contributed by atoms with Crippen molar-refractivity contribution >= 4 is 0 Å². The highest BCUT2D eigenvalue weighted by molar-refractivity contribution is 4.60.